The Morgan fingerprint density at radius 3 is 2.55 bits per heavy atom. The van der Waals surface area contributed by atoms with Gasteiger partial charge in [0.05, 0.1) is 11.6 Å². The Hall–Kier alpha value is -2.43. The first-order valence-electron chi connectivity index (χ1n) is 6.09. The molecule has 2 aromatic rings. The predicted molar refractivity (Wildman–Crippen MR) is 73.1 cm³/mol. The average Bonchev–Trinajstić information content (AvgIpc) is 2.38. The van der Waals surface area contributed by atoms with E-state index in [0.29, 0.717) is 5.56 Å². The molecule has 0 spiro atoms. The number of nitrogen functional groups attached to an aromatic ring is 1. The Morgan fingerprint density at radius 1 is 1.20 bits per heavy atom. The summed E-state index contributed by atoms with van der Waals surface area (Å²) >= 11 is 0. The Kier molecular flexibility index (Phi) is 3.98. The van der Waals surface area contributed by atoms with Crippen LogP contribution in [0.25, 0.3) is 0 Å². The van der Waals surface area contributed by atoms with Crippen molar-refractivity contribution >= 4 is 11.6 Å². The highest BCUT2D eigenvalue weighted by molar-refractivity contribution is 5.99. The molecule has 2 rings (SSSR count). The van der Waals surface area contributed by atoms with Crippen molar-refractivity contribution < 1.29 is 13.6 Å². The van der Waals surface area contributed by atoms with Gasteiger partial charge in [0.15, 0.2) is 0 Å². The van der Waals surface area contributed by atoms with E-state index in [1.807, 2.05) is 0 Å². The molecule has 0 heterocycles. The molecule has 0 aliphatic heterocycles. The maximum atomic E-state index is 13.6. The minimum absolute atomic E-state index is 0.0447. The molecule has 104 valence electrons. The molecule has 0 saturated carbocycles. The third-order valence-electron chi connectivity index (χ3n) is 2.98. The third-order valence-corrected chi connectivity index (χ3v) is 2.98. The molecule has 0 aliphatic carbocycles. The molecular weight excluding hydrogens is 262 g/mol. The van der Waals surface area contributed by atoms with Crippen LogP contribution >= 0.6 is 0 Å². The minimum atomic E-state index is -0.520. The number of amides is 1. The second kappa shape index (κ2) is 5.69. The van der Waals surface area contributed by atoms with E-state index in [-0.39, 0.29) is 11.3 Å². The van der Waals surface area contributed by atoms with Crippen molar-refractivity contribution in [3.05, 3.63) is 65.2 Å². The van der Waals surface area contributed by atoms with Gasteiger partial charge >= 0.3 is 0 Å². The molecule has 0 bridgehead atoms. The highest BCUT2D eigenvalue weighted by Gasteiger charge is 2.16. The summed E-state index contributed by atoms with van der Waals surface area (Å²) in [6, 6.07) is 9.18. The first kappa shape index (κ1) is 14.0. The summed E-state index contributed by atoms with van der Waals surface area (Å²) in [6.07, 6.45) is 0. The van der Waals surface area contributed by atoms with Crippen molar-refractivity contribution in [3.8, 4) is 0 Å². The van der Waals surface area contributed by atoms with Gasteiger partial charge in [-0.15, -0.1) is 0 Å². The smallest absolute Gasteiger partial charge is 0.253 e. The molecule has 5 heteroatoms. The van der Waals surface area contributed by atoms with Gasteiger partial charge in [0.2, 0.25) is 0 Å². The number of carbonyl (C=O) groups is 1. The van der Waals surface area contributed by atoms with Gasteiger partial charge in [-0.1, -0.05) is 18.2 Å². The second-order valence-corrected chi connectivity index (χ2v) is 4.45. The van der Waals surface area contributed by atoms with E-state index in [4.69, 9.17) is 5.73 Å². The van der Waals surface area contributed by atoms with Gasteiger partial charge in [-0.2, -0.15) is 0 Å². The van der Waals surface area contributed by atoms with Crippen LogP contribution in [0.15, 0.2) is 42.5 Å². The van der Waals surface area contributed by atoms with Crippen molar-refractivity contribution in [2.45, 2.75) is 13.0 Å². The molecule has 0 radical (unpaired) electrons. The second-order valence-electron chi connectivity index (χ2n) is 4.45. The zero-order valence-corrected chi connectivity index (χ0v) is 10.9. The number of carbonyl (C=O) groups excluding carboxylic acids is 1. The van der Waals surface area contributed by atoms with Crippen molar-refractivity contribution in [2.24, 2.45) is 0 Å². The first-order valence-corrected chi connectivity index (χ1v) is 6.09. The molecule has 2 aromatic carbocycles. The number of halogens is 2. The first-order chi connectivity index (χ1) is 9.49. The van der Waals surface area contributed by atoms with Gasteiger partial charge in [0, 0.05) is 11.3 Å². The summed E-state index contributed by atoms with van der Waals surface area (Å²) in [6.45, 7) is 1.66. The molecule has 0 unspecified atom stereocenters. The van der Waals surface area contributed by atoms with Crippen molar-refractivity contribution in [1.82, 2.24) is 5.32 Å². The van der Waals surface area contributed by atoms with Gasteiger partial charge < -0.3 is 11.1 Å². The van der Waals surface area contributed by atoms with E-state index in [0.717, 1.165) is 12.1 Å². The molecular formula is C15H14F2N2O. The standard InChI is InChI=1S/C15H14F2N2O/c1-9(11-4-2-3-5-13(11)17)19-15(20)12-7-6-10(16)8-14(12)18/h2-9H,18H2,1H3,(H,19,20)/t9-/m1/s1. The maximum absolute atomic E-state index is 13.6. The molecule has 20 heavy (non-hydrogen) atoms. The topological polar surface area (TPSA) is 55.1 Å². The average molecular weight is 276 g/mol. The van der Waals surface area contributed by atoms with E-state index in [9.17, 15) is 13.6 Å². The lowest BCUT2D eigenvalue weighted by Gasteiger charge is -2.15. The zero-order chi connectivity index (χ0) is 14.7. The summed E-state index contributed by atoms with van der Waals surface area (Å²) in [7, 11) is 0. The summed E-state index contributed by atoms with van der Waals surface area (Å²) in [5, 5.41) is 2.63. The van der Waals surface area contributed by atoms with Crippen LogP contribution in [0.1, 0.15) is 28.9 Å². The quantitative estimate of drug-likeness (QED) is 0.847. The Balaban J connectivity index is 2.17. The SMILES string of the molecule is C[C@@H](NC(=O)c1ccc(F)cc1N)c1ccccc1F. The number of hydrogen-bond acceptors (Lipinski definition) is 2. The number of benzene rings is 2. The van der Waals surface area contributed by atoms with Crippen molar-refractivity contribution in [3.63, 3.8) is 0 Å². The van der Waals surface area contributed by atoms with E-state index in [2.05, 4.69) is 5.32 Å². The third kappa shape index (κ3) is 2.93. The molecule has 0 aromatic heterocycles. The number of nitrogens with two attached hydrogens (primary N) is 1. The van der Waals surface area contributed by atoms with Gasteiger partial charge in [-0.25, -0.2) is 8.78 Å². The van der Waals surface area contributed by atoms with Crippen LogP contribution in [0.4, 0.5) is 14.5 Å². The number of rotatable bonds is 3. The monoisotopic (exact) mass is 276 g/mol. The summed E-state index contributed by atoms with van der Waals surface area (Å²) in [4.78, 5) is 12.0. The fraction of sp³-hybridized carbons (Fsp3) is 0.133. The van der Waals surface area contributed by atoms with E-state index < -0.39 is 23.6 Å². The van der Waals surface area contributed by atoms with Crippen LogP contribution in [0.2, 0.25) is 0 Å². The van der Waals surface area contributed by atoms with Gasteiger partial charge in [0.25, 0.3) is 5.91 Å². The predicted octanol–water partition coefficient (Wildman–Crippen LogP) is 3.04. The number of hydrogen-bond donors (Lipinski definition) is 2. The molecule has 1 amide bonds. The molecule has 1 atom stereocenters. The number of nitrogens with one attached hydrogen (secondary N) is 1. The lowest BCUT2D eigenvalue weighted by molar-refractivity contribution is 0.0940. The fourth-order valence-corrected chi connectivity index (χ4v) is 1.92. The zero-order valence-electron chi connectivity index (χ0n) is 10.9. The van der Waals surface area contributed by atoms with Gasteiger partial charge in [-0.3, -0.25) is 4.79 Å². The highest BCUT2D eigenvalue weighted by Crippen LogP contribution is 2.18. The van der Waals surface area contributed by atoms with Crippen LogP contribution in [0.3, 0.4) is 0 Å². The van der Waals surface area contributed by atoms with Crippen LogP contribution in [-0.4, -0.2) is 5.91 Å². The molecule has 0 saturated heterocycles. The molecule has 0 aliphatic rings. The normalized spacial score (nSPS) is 11.9. The number of anilines is 1. The van der Waals surface area contributed by atoms with Gasteiger partial charge in [-0.05, 0) is 31.2 Å². The van der Waals surface area contributed by atoms with Crippen LogP contribution < -0.4 is 11.1 Å². The van der Waals surface area contributed by atoms with E-state index in [1.165, 1.54) is 12.1 Å². The van der Waals surface area contributed by atoms with E-state index in [1.54, 1.807) is 25.1 Å². The molecule has 3 nitrogen and oxygen atoms in total. The minimum Gasteiger partial charge on any atom is -0.398 e. The van der Waals surface area contributed by atoms with Crippen LogP contribution in [-0.2, 0) is 0 Å². The summed E-state index contributed by atoms with van der Waals surface area (Å²) < 4.78 is 26.5. The van der Waals surface area contributed by atoms with Crippen LogP contribution in [0.5, 0.6) is 0 Å². The lowest BCUT2D eigenvalue weighted by Crippen LogP contribution is -2.28. The Bertz CT molecular complexity index is 644. The Morgan fingerprint density at radius 2 is 1.90 bits per heavy atom. The van der Waals surface area contributed by atoms with E-state index >= 15 is 0 Å². The summed E-state index contributed by atoms with van der Waals surface area (Å²) in [5.74, 6) is -1.38. The summed E-state index contributed by atoms with van der Waals surface area (Å²) in [5.41, 5.74) is 6.17. The molecule has 0 fully saturated rings. The molecule has 3 N–H and O–H groups in total. The largest absolute Gasteiger partial charge is 0.398 e. The Labute approximate surface area is 115 Å². The lowest BCUT2D eigenvalue weighted by atomic mass is 10.1. The van der Waals surface area contributed by atoms with Crippen molar-refractivity contribution in [2.75, 3.05) is 5.73 Å². The van der Waals surface area contributed by atoms with Gasteiger partial charge in [0.1, 0.15) is 11.6 Å². The fourth-order valence-electron chi connectivity index (χ4n) is 1.92. The van der Waals surface area contributed by atoms with Crippen molar-refractivity contribution in [1.29, 1.82) is 0 Å². The maximum Gasteiger partial charge on any atom is 0.253 e. The van der Waals surface area contributed by atoms with Crippen LogP contribution in [0, 0.1) is 11.6 Å². The highest BCUT2D eigenvalue weighted by atomic mass is 19.1.